The first-order chi connectivity index (χ1) is 10.0. The molecule has 0 N–H and O–H groups in total. The maximum Gasteiger partial charge on any atom is 0.129 e. The molecule has 21 heavy (non-hydrogen) atoms. The summed E-state index contributed by atoms with van der Waals surface area (Å²) < 4.78 is 14.0. The van der Waals surface area contributed by atoms with Crippen molar-refractivity contribution in [3.63, 3.8) is 0 Å². The minimum absolute atomic E-state index is 0.239. The first-order valence-corrected chi connectivity index (χ1v) is 7.39. The molecule has 110 valence electrons. The maximum atomic E-state index is 14.0. The summed E-state index contributed by atoms with van der Waals surface area (Å²) in [6, 6.07) is 3.20. The highest BCUT2D eigenvalue weighted by molar-refractivity contribution is 6.32. The zero-order valence-corrected chi connectivity index (χ0v) is 12.9. The number of rotatable bonds is 2. The van der Waals surface area contributed by atoms with Gasteiger partial charge in [0.15, 0.2) is 0 Å². The molecular formula is C16H17ClFN3. The summed E-state index contributed by atoms with van der Waals surface area (Å²) in [4.78, 5) is 10.9. The number of benzene rings is 1. The number of nitrogens with zero attached hydrogens (tertiary/aromatic N) is 3. The van der Waals surface area contributed by atoms with E-state index in [0.717, 1.165) is 42.2 Å². The van der Waals surface area contributed by atoms with Crippen molar-refractivity contribution in [1.82, 2.24) is 14.9 Å². The van der Waals surface area contributed by atoms with Gasteiger partial charge < -0.3 is 0 Å². The van der Waals surface area contributed by atoms with Crippen LogP contribution in [0.4, 0.5) is 4.39 Å². The Bertz CT molecular complexity index is 687. The lowest BCUT2D eigenvalue weighted by molar-refractivity contribution is 0.239. The van der Waals surface area contributed by atoms with Gasteiger partial charge in [-0.05, 0) is 25.5 Å². The van der Waals surface area contributed by atoms with Crippen LogP contribution in [0.25, 0.3) is 0 Å². The van der Waals surface area contributed by atoms with E-state index >= 15 is 0 Å². The van der Waals surface area contributed by atoms with Gasteiger partial charge in [0.2, 0.25) is 0 Å². The van der Waals surface area contributed by atoms with E-state index in [2.05, 4.69) is 14.9 Å². The van der Waals surface area contributed by atoms with Crippen LogP contribution in [0.3, 0.4) is 0 Å². The Hall–Kier alpha value is -1.52. The van der Waals surface area contributed by atoms with Crippen molar-refractivity contribution >= 4 is 11.6 Å². The van der Waals surface area contributed by atoms with Gasteiger partial charge in [-0.15, -0.1) is 0 Å². The van der Waals surface area contributed by atoms with Crippen LogP contribution in [0.1, 0.15) is 28.2 Å². The van der Waals surface area contributed by atoms with Crippen molar-refractivity contribution in [3.05, 3.63) is 57.4 Å². The van der Waals surface area contributed by atoms with Crippen molar-refractivity contribution in [2.45, 2.75) is 33.4 Å². The highest BCUT2D eigenvalue weighted by Gasteiger charge is 2.20. The number of aromatic nitrogens is 2. The molecule has 5 heteroatoms. The van der Waals surface area contributed by atoms with Gasteiger partial charge in [0, 0.05) is 49.1 Å². The fourth-order valence-electron chi connectivity index (χ4n) is 2.69. The van der Waals surface area contributed by atoms with Crippen molar-refractivity contribution in [2.24, 2.45) is 0 Å². The Labute approximate surface area is 128 Å². The van der Waals surface area contributed by atoms with Crippen molar-refractivity contribution in [2.75, 3.05) is 6.54 Å². The fraction of sp³-hybridized carbons (Fsp3) is 0.375. The van der Waals surface area contributed by atoms with E-state index in [1.54, 1.807) is 6.07 Å². The van der Waals surface area contributed by atoms with Gasteiger partial charge in [-0.3, -0.25) is 4.90 Å². The molecule has 1 aliphatic heterocycles. The molecule has 0 saturated heterocycles. The van der Waals surface area contributed by atoms with Crippen LogP contribution in [-0.2, 0) is 19.5 Å². The summed E-state index contributed by atoms with van der Waals surface area (Å²) in [5.74, 6) is 0.562. The van der Waals surface area contributed by atoms with Crippen LogP contribution < -0.4 is 0 Å². The molecule has 0 aliphatic carbocycles. The van der Waals surface area contributed by atoms with Crippen molar-refractivity contribution in [1.29, 1.82) is 0 Å². The minimum Gasteiger partial charge on any atom is -0.294 e. The van der Waals surface area contributed by atoms with Gasteiger partial charge in [-0.1, -0.05) is 17.7 Å². The van der Waals surface area contributed by atoms with Crippen LogP contribution in [0, 0.1) is 19.7 Å². The third-order valence-electron chi connectivity index (χ3n) is 3.89. The lowest BCUT2D eigenvalue weighted by Gasteiger charge is -2.28. The van der Waals surface area contributed by atoms with Crippen LogP contribution in [0.5, 0.6) is 0 Å². The average Bonchev–Trinajstić information content (AvgIpc) is 2.48. The van der Waals surface area contributed by atoms with Gasteiger partial charge in [-0.2, -0.15) is 0 Å². The Morgan fingerprint density at radius 3 is 2.95 bits per heavy atom. The van der Waals surface area contributed by atoms with Crippen LogP contribution >= 0.6 is 11.6 Å². The summed E-state index contributed by atoms with van der Waals surface area (Å²) >= 11 is 6.25. The molecule has 0 fully saturated rings. The molecule has 2 aromatic rings. The van der Waals surface area contributed by atoms with Gasteiger partial charge in [0.25, 0.3) is 0 Å². The highest BCUT2D eigenvalue weighted by atomic mass is 35.5. The lowest BCUT2D eigenvalue weighted by Crippen LogP contribution is -2.31. The fourth-order valence-corrected chi connectivity index (χ4v) is 2.91. The van der Waals surface area contributed by atoms with Gasteiger partial charge in [0.05, 0.1) is 5.02 Å². The molecule has 0 radical (unpaired) electrons. The molecule has 0 saturated carbocycles. The smallest absolute Gasteiger partial charge is 0.129 e. The number of halogens is 2. The van der Waals surface area contributed by atoms with E-state index < -0.39 is 0 Å². The van der Waals surface area contributed by atoms with Crippen LogP contribution in [0.15, 0.2) is 18.3 Å². The first kappa shape index (κ1) is 14.4. The number of hydrogen-bond donors (Lipinski definition) is 0. The molecule has 3 rings (SSSR count). The molecule has 0 atom stereocenters. The summed E-state index contributed by atoms with van der Waals surface area (Å²) in [5, 5.41) is 0.529. The SMILES string of the molecule is Cc1ncc2c(n1)CCN(Cc1c(F)ccc(C)c1Cl)C2. The largest absolute Gasteiger partial charge is 0.294 e. The Balaban J connectivity index is 1.82. The molecule has 0 spiro atoms. The molecule has 0 unspecified atom stereocenters. The average molecular weight is 306 g/mol. The second-order valence-electron chi connectivity index (χ2n) is 5.51. The molecule has 1 aromatic carbocycles. The van der Waals surface area contributed by atoms with Crippen LogP contribution in [-0.4, -0.2) is 21.4 Å². The predicted molar refractivity (Wildman–Crippen MR) is 80.7 cm³/mol. The summed E-state index contributed by atoms with van der Waals surface area (Å²) in [7, 11) is 0. The van der Waals surface area contributed by atoms with E-state index in [1.807, 2.05) is 20.0 Å². The first-order valence-electron chi connectivity index (χ1n) is 7.02. The lowest BCUT2D eigenvalue weighted by atomic mass is 10.1. The van der Waals surface area contributed by atoms with E-state index in [9.17, 15) is 4.39 Å². The van der Waals surface area contributed by atoms with E-state index in [1.165, 1.54) is 6.07 Å². The third-order valence-corrected chi connectivity index (χ3v) is 4.42. The van der Waals surface area contributed by atoms with Gasteiger partial charge in [0.1, 0.15) is 11.6 Å². The standard InChI is InChI=1S/C16H17ClFN3/c1-10-3-4-14(18)13(16(10)17)9-21-6-5-15-12(8-21)7-19-11(2)20-15/h3-4,7H,5-6,8-9H2,1-2H3. The van der Waals surface area contributed by atoms with E-state index in [4.69, 9.17) is 11.6 Å². The topological polar surface area (TPSA) is 29.0 Å². The minimum atomic E-state index is -0.239. The third kappa shape index (κ3) is 2.92. The number of fused-ring (bicyclic) bond motifs is 1. The molecule has 2 heterocycles. The Morgan fingerprint density at radius 2 is 2.14 bits per heavy atom. The maximum absolute atomic E-state index is 14.0. The van der Waals surface area contributed by atoms with Gasteiger partial charge >= 0.3 is 0 Å². The molecule has 3 nitrogen and oxygen atoms in total. The van der Waals surface area contributed by atoms with E-state index in [-0.39, 0.29) is 5.82 Å². The zero-order chi connectivity index (χ0) is 15.0. The molecule has 1 aromatic heterocycles. The predicted octanol–water partition coefficient (Wildman–Crippen LogP) is 3.44. The monoisotopic (exact) mass is 305 g/mol. The Morgan fingerprint density at radius 1 is 1.33 bits per heavy atom. The summed E-state index contributed by atoms with van der Waals surface area (Å²) in [5.41, 5.74) is 3.71. The Kier molecular flexibility index (Phi) is 3.91. The molecular weight excluding hydrogens is 289 g/mol. The van der Waals surface area contributed by atoms with E-state index in [0.29, 0.717) is 17.1 Å². The summed E-state index contributed by atoms with van der Waals surface area (Å²) in [6.45, 7) is 5.90. The van der Waals surface area contributed by atoms with Crippen molar-refractivity contribution in [3.8, 4) is 0 Å². The second-order valence-corrected chi connectivity index (χ2v) is 5.88. The zero-order valence-electron chi connectivity index (χ0n) is 12.2. The normalized spacial score (nSPS) is 15.0. The number of aryl methyl sites for hydroxylation is 2. The second kappa shape index (κ2) is 5.70. The number of hydrogen-bond acceptors (Lipinski definition) is 3. The molecule has 1 aliphatic rings. The molecule has 0 bridgehead atoms. The van der Waals surface area contributed by atoms with Gasteiger partial charge in [-0.25, -0.2) is 14.4 Å². The highest BCUT2D eigenvalue weighted by Crippen LogP contribution is 2.26. The summed E-state index contributed by atoms with van der Waals surface area (Å²) in [6.07, 6.45) is 2.74. The quantitative estimate of drug-likeness (QED) is 0.851. The van der Waals surface area contributed by atoms with Crippen LogP contribution in [0.2, 0.25) is 5.02 Å². The van der Waals surface area contributed by atoms with Crippen molar-refractivity contribution < 1.29 is 4.39 Å². The molecule has 0 amide bonds.